The maximum Gasteiger partial charge on any atom is 0.256 e. The molecule has 0 bridgehead atoms. The first-order valence-corrected chi connectivity index (χ1v) is 13.7. The Morgan fingerprint density at radius 2 is 1.85 bits per heavy atom. The van der Waals surface area contributed by atoms with Gasteiger partial charge in [0.2, 0.25) is 10.0 Å². The van der Waals surface area contributed by atoms with Gasteiger partial charge >= 0.3 is 0 Å². The summed E-state index contributed by atoms with van der Waals surface area (Å²) in [5.41, 5.74) is 1.93. The van der Waals surface area contributed by atoms with Gasteiger partial charge in [-0.3, -0.25) is 9.69 Å². The van der Waals surface area contributed by atoms with Gasteiger partial charge in [0.1, 0.15) is 11.1 Å². The zero-order valence-corrected chi connectivity index (χ0v) is 21.4. The molecule has 0 atom stereocenters. The summed E-state index contributed by atoms with van der Waals surface area (Å²) < 4.78 is 27.4. The molecule has 2 aromatic rings. The molecule has 0 saturated heterocycles. The van der Waals surface area contributed by atoms with Crippen LogP contribution in [-0.2, 0) is 23.0 Å². The van der Waals surface area contributed by atoms with Crippen molar-refractivity contribution < 1.29 is 13.2 Å². The molecule has 1 aliphatic rings. The van der Waals surface area contributed by atoms with Crippen molar-refractivity contribution in [3.05, 3.63) is 45.8 Å². The van der Waals surface area contributed by atoms with Crippen molar-refractivity contribution in [2.45, 2.75) is 64.4 Å². The van der Waals surface area contributed by atoms with Gasteiger partial charge < -0.3 is 5.32 Å². The number of thiophene rings is 1. The molecule has 1 aliphatic heterocycles. The number of sulfonamides is 1. The van der Waals surface area contributed by atoms with Crippen LogP contribution in [0.2, 0.25) is 0 Å². The number of carbonyl (C=O) groups excluding carboxylic acids is 1. The van der Waals surface area contributed by atoms with Crippen LogP contribution in [-0.4, -0.2) is 49.2 Å². The molecule has 3 rings (SSSR count). The Balaban J connectivity index is 1.79. The van der Waals surface area contributed by atoms with Gasteiger partial charge in [0.05, 0.1) is 10.5 Å². The molecular weight excluding hydrogens is 456 g/mol. The normalized spacial score (nSPS) is 14.3. The summed E-state index contributed by atoms with van der Waals surface area (Å²) in [5, 5.41) is 13.1. The maximum absolute atomic E-state index is 12.9. The average Bonchev–Trinajstić information content (AvgIpc) is 3.14. The molecule has 7 nitrogen and oxygen atoms in total. The van der Waals surface area contributed by atoms with Crippen molar-refractivity contribution in [2.75, 3.05) is 25.0 Å². The Morgan fingerprint density at radius 3 is 2.39 bits per heavy atom. The number of benzene rings is 1. The van der Waals surface area contributed by atoms with Crippen LogP contribution in [0.4, 0.5) is 5.00 Å². The van der Waals surface area contributed by atoms with Gasteiger partial charge in [0.25, 0.3) is 5.91 Å². The van der Waals surface area contributed by atoms with Gasteiger partial charge in [-0.25, -0.2) is 8.42 Å². The highest BCUT2D eigenvalue weighted by atomic mass is 32.2. The molecule has 1 amide bonds. The van der Waals surface area contributed by atoms with Crippen LogP contribution in [0.3, 0.4) is 0 Å². The summed E-state index contributed by atoms with van der Waals surface area (Å²) in [5.74, 6) is -0.353. The van der Waals surface area contributed by atoms with E-state index in [9.17, 15) is 18.5 Å². The highest BCUT2D eigenvalue weighted by molar-refractivity contribution is 7.89. The summed E-state index contributed by atoms with van der Waals surface area (Å²) in [6, 6.07) is 8.69. The third-order valence-corrected chi connectivity index (χ3v) is 8.90. The van der Waals surface area contributed by atoms with E-state index in [0.29, 0.717) is 35.3 Å². The standard InChI is InChI=1S/C24H32N4O3S2/c1-5-12-28(13-6-2)33(30,31)19-9-7-18(8-10-19)23(29)26-24-21(15-25)20-11-14-27(17(3)4)16-22(20)32-24/h7-10,17H,5-6,11-14,16H2,1-4H3,(H,26,29). The lowest BCUT2D eigenvalue weighted by atomic mass is 10.0. The van der Waals surface area contributed by atoms with E-state index in [1.54, 1.807) is 0 Å². The minimum Gasteiger partial charge on any atom is -0.312 e. The molecular formula is C24H32N4O3S2. The van der Waals surface area contributed by atoms with Gasteiger partial charge in [0.15, 0.2) is 0 Å². The Labute approximate surface area is 201 Å². The molecule has 1 aromatic carbocycles. The first-order chi connectivity index (χ1) is 15.7. The van der Waals surface area contributed by atoms with E-state index in [1.807, 2.05) is 13.8 Å². The number of fused-ring (bicyclic) bond motifs is 1. The average molecular weight is 489 g/mol. The number of nitrogens with one attached hydrogen (secondary N) is 1. The first-order valence-electron chi connectivity index (χ1n) is 11.4. The van der Waals surface area contributed by atoms with E-state index >= 15 is 0 Å². The largest absolute Gasteiger partial charge is 0.312 e. The molecule has 1 aromatic heterocycles. The van der Waals surface area contributed by atoms with Crippen molar-refractivity contribution in [2.24, 2.45) is 0 Å². The number of hydrogen-bond donors (Lipinski definition) is 1. The predicted molar refractivity (Wildman–Crippen MR) is 132 cm³/mol. The smallest absolute Gasteiger partial charge is 0.256 e. The maximum atomic E-state index is 12.9. The molecule has 2 heterocycles. The summed E-state index contributed by atoms with van der Waals surface area (Å²) in [7, 11) is -3.60. The molecule has 33 heavy (non-hydrogen) atoms. The van der Waals surface area contributed by atoms with Crippen LogP contribution in [0.15, 0.2) is 29.2 Å². The Bertz CT molecular complexity index is 1130. The van der Waals surface area contributed by atoms with E-state index in [2.05, 4.69) is 30.1 Å². The second-order valence-electron chi connectivity index (χ2n) is 8.52. The number of hydrogen-bond acceptors (Lipinski definition) is 6. The molecule has 0 aliphatic carbocycles. The second kappa shape index (κ2) is 10.8. The molecule has 9 heteroatoms. The minimum atomic E-state index is -3.60. The van der Waals surface area contributed by atoms with E-state index in [4.69, 9.17) is 0 Å². The lowest BCUT2D eigenvalue weighted by molar-refractivity contribution is 0.102. The third-order valence-electron chi connectivity index (χ3n) is 5.86. The van der Waals surface area contributed by atoms with Gasteiger partial charge in [-0.15, -0.1) is 11.3 Å². The summed E-state index contributed by atoms with van der Waals surface area (Å²) >= 11 is 1.45. The summed E-state index contributed by atoms with van der Waals surface area (Å²) in [4.78, 5) is 16.5. The number of rotatable bonds is 9. The molecule has 0 unspecified atom stereocenters. The van der Waals surface area contributed by atoms with Crippen molar-refractivity contribution in [3.63, 3.8) is 0 Å². The van der Waals surface area contributed by atoms with Gasteiger partial charge in [-0.2, -0.15) is 9.57 Å². The number of amides is 1. The van der Waals surface area contributed by atoms with E-state index in [0.717, 1.165) is 42.8 Å². The van der Waals surface area contributed by atoms with Crippen LogP contribution in [0, 0.1) is 11.3 Å². The highest BCUT2D eigenvalue weighted by Crippen LogP contribution is 2.37. The minimum absolute atomic E-state index is 0.180. The second-order valence-corrected chi connectivity index (χ2v) is 11.6. The third kappa shape index (κ3) is 5.46. The zero-order valence-electron chi connectivity index (χ0n) is 19.7. The molecule has 178 valence electrons. The first kappa shape index (κ1) is 25.4. The van der Waals surface area contributed by atoms with Crippen molar-refractivity contribution in [1.82, 2.24) is 9.21 Å². The van der Waals surface area contributed by atoms with Gasteiger partial charge in [-0.05, 0) is 62.9 Å². The van der Waals surface area contributed by atoms with Crippen LogP contribution in [0.25, 0.3) is 0 Å². The molecule has 1 N–H and O–H groups in total. The monoisotopic (exact) mass is 488 g/mol. The van der Waals surface area contributed by atoms with Gasteiger partial charge in [0, 0.05) is 42.7 Å². The van der Waals surface area contributed by atoms with E-state index in [1.165, 1.54) is 39.9 Å². The van der Waals surface area contributed by atoms with Crippen LogP contribution in [0.5, 0.6) is 0 Å². The predicted octanol–water partition coefficient (Wildman–Crippen LogP) is 4.45. The van der Waals surface area contributed by atoms with E-state index in [-0.39, 0.29) is 10.8 Å². The van der Waals surface area contributed by atoms with Crippen LogP contribution in [0.1, 0.15) is 66.9 Å². The lowest BCUT2D eigenvalue weighted by Crippen LogP contribution is -2.35. The summed E-state index contributed by atoms with van der Waals surface area (Å²) in [6.45, 7) is 10.8. The quantitative estimate of drug-likeness (QED) is 0.563. The Morgan fingerprint density at radius 1 is 1.21 bits per heavy atom. The number of anilines is 1. The fourth-order valence-corrected chi connectivity index (χ4v) is 6.87. The topological polar surface area (TPSA) is 93.5 Å². The van der Waals surface area contributed by atoms with Crippen molar-refractivity contribution in [3.8, 4) is 6.07 Å². The lowest BCUT2D eigenvalue weighted by Gasteiger charge is -2.30. The molecule has 0 fully saturated rings. The fourth-order valence-electron chi connectivity index (χ4n) is 4.02. The van der Waals surface area contributed by atoms with Crippen LogP contribution < -0.4 is 5.32 Å². The number of nitrogens with zero attached hydrogens (tertiary/aromatic N) is 3. The highest BCUT2D eigenvalue weighted by Gasteiger charge is 2.27. The molecule has 0 radical (unpaired) electrons. The number of carbonyl (C=O) groups is 1. The SMILES string of the molecule is CCCN(CCC)S(=O)(=O)c1ccc(C(=O)Nc2sc3c(c2C#N)CCN(C(C)C)C3)cc1. The Kier molecular flexibility index (Phi) is 8.29. The summed E-state index contributed by atoms with van der Waals surface area (Å²) in [6.07, 6.45) is 2.27. The van der Waals surface area contributed by atoms with Crippen LogP contribution >= 0.6 is 11.3 Å². The fraction of sp³-hybridized carbons (Fsp3) is 0.500. The van der Waals surface area contributed by atoms with Crippen molar-refractivity contribution >= 4 is 32.3 Å². The molecule has 0 spiro atoms. The van der Waals surface area contributed by atoms with Gasteiger partial charge in [-0.1, -0.05) is 13.8 Å². The van der Waals surface area contributed by atoms with Crippen molar-refractivity contribution in [1.29, 1.82) is 5.26 Å². The van der Waals surface area contributed by atoms with E-state index < -0.39 is 10.0 Å². The Hall–Kier alpha value is -2.25. The zero-order chi connectivity index (χ0) is 24.2. The molecule has 0 saturated carbocycles. The number of nitriles is 1.